The van der Waals surface area contributed by atoms with Crippen molar-refractivity contribution >= 4 is 38.4 Å². The highest BCUT2D eigenvalue weighted by Crippen LogP contribution is 2.24. The second-order valence-electron chi connectivity index (χ2n) is 6.92. The van der Waals surface area contributed by atoms with Crippen LogP contribution >= 0.6 is 0 Å². The predicted molar refractivity (Wildman–Crippen MR) is 119 cm³/mol. The van der Waals surface area contributed by atoms with E-state index in [4.69, 9.17) is 5.11 Å². The average molecular weight is 455 g/mol. The van der Waals surface area contributed by atoms with Gasteiger partial charge in [0.05, 0.1) is 22.6 Å². The fourth-order valence-corrected chi connectivity index (χ4v) is 3.95. The molecule has 4 N–H and O–H groups in total. The molecule has 0 aliphatic carbocycles. The van der Waals surface area contributed by atoms with Gasteiger partial charge in [0.15, 0.2) is 0 Å². The number of fused-ring (bicyclic) bond motifs is 1. The molecule has 0 aliphatic rings. The molecule has 32 heavy (non-hydrogen) atoms. The van der Waals surface area contributed by atoms with Crippen LogP contribution in [-0.4, -0.2) is 42.8 Å². The zero-order chi connectivity index (χ0) is 23.3. The maximum absolute atomic E-state index is 12.5. The maximum atomic E-state index is 12.5. The largest absolute Gasteiger partial charge is 0.507 e. The van der Waals surface area contributed by atoms with Crippen LogP contribution in [0.15, 0.2) is 70.7 Å². The van der Waals surface area contributed by atoms with Gasteiger partial charge < -0.3 is 10.2 Å². The lowest BCUT2D eigenvalue weighted by atomic mass is 10.1. The number of carbonyl (C=O) groups excluding carboxylic acids is 1. The van der Waals surface area contributed by atoms with E-state index < -0.39 is 21.9 Å². The minimum Gasteiger partial charge on any atom is -0.507 e. The van der Waals surface area contributed by atoms with E-state index in [1.165, 1.54) is 30.3 Å². The van der Waals surface area contributed by atoms with Gasteiger partial charge in [-0.25, -0.2) is 18.6 Å². The Kier molecular flexibility index (Phi) is 6.86. The van der Waals surface area contributed by atoms with E-state index >= 15 is 0 Å². The molecule has 0 spiro atoms. The minimum absolute atomic E-state index is 0.0236. The minimum atomic E-state index is -3.83. The van der Waals surface area contributed by atoms with Gasteiger partial charge in [-0.2, -0.15) is 5.10 Å². The Morgan fingerprint density at radius 1 is 1.00 bits per heavy atom. The third-order valence-corrected chi connectivity index (χ3v) is 6.12. The molecule has 10 heteroatoms. The summed E-state index contributed by atoms with van der Waals surface area (Å²) in [5.41, 5.74) is 3.45. The fraction of sp³-hybridized carbons (Fsp3) is 0.136. The topological polar surface area (TPSA) is 145 Å². The lowest BCUT2D eigenvalue weighted by Gasteiger charge is -2.08. The van der Waals surface area contributed by atoms with E-state index in [1.54, 1.807) is 13.0 Å². The summed E-state index contributed by atoms with van der Waals surface area (Å²) >= 11 is 0. The number of carboxylic acids is 1. The average Bonchev–Trinajstić information content (AvgIpc) is 2.76. The summed E-state index contributed by atoms with van der Waals surface area (Å²) in [7, 11) is -3.83. The number of hydrogen-bond donors (Lipinski definition) is 4. The number of aromatic hydroxyl groups is 1. The van der Waals surface area contributed by atoms with Gasteiger partial charge in [-0.15, -0.1) is 0 Å². The first-order chi connectivity index (χ1) is 15.2. The van der Waals surface area contributed by atoms with Gasteiger partial charge in [0, 0.05) is 6.54 Å². The molecule has 0 aliphatic heterocycles. The highest BCUT2D eigenvalue weighted by Gasteiger charge is 2.15. The third kappa shape index (κ3) is 5.48. The molecule has 0 saturated carbocycles. The zero-order valence-electron chi connectivity index (χ0n) is 17.1. The molecule has 3 aromatic rings. The number of phenolic OH excluding ortho intramolecular Hbond substituents is 1. The number of rotatable bonds is 8. The van der Waals surface area contributed by atoms with Crippen molar-refractivity contribution in [3.05, 3.63) is 71.8 Å². The van der Waals surface area contributed by atoms with Crippen molar-refractivity contribution in [1.82, 2.24) is 10.1 Å². The van der Waals surface area contributed by atoms with E-state index in [0.29, 0.717) is 11.3 Å². The van der Waals surface area contributed by atoms with Gasteiger partial charge in [0.2, 0.25) is 10.0 Å². The molecule has 0 aromatic heterocycles. The number of amides is 1. The number of sulfonamides is 1. The van der Waals surface area contributed by atoms with Crippen molar-refractivity contribution in [3.8, 4) is 5.75 Å². The molecule has 9 nitrogen and oxygen atoms in total. The number of nitrogens with one attached hydrogen (secondary N) is 2. The van der Waals surface area contributed by atoms with Crippen molar-refractivity contribution in [2.24, 2.45) is 5.10 Å². The Morgan fingerprint density at radius 3 is 2.25 bits per heavy atom. The fourth-order valence-electron chi connectivity index (χ4n) is 2.92. The summed E-state index contributed by atoms with van der Waals surface area (Å²) < 4.78 is 26.6. The molecule has 1 amide bonds. The summed E-state index contributed by atoms with van der Waals surface area (Å²) in [5, 5.41) is 24.4. The lowest BCUT2D eigenvalue weighted by molar-refractivity contribution is -0.136. The van der Waals surface area contributed by atoms with Crippen LogP contribution in [0, 0.1) is 0 Å². The van der Waals surface area contributed by atoms with Gasteiger partial charge in [0.25, 0.3) is 5.91 Å². The van der Waals surface area contributed by atoms with Gasteiger partial charge in [-0.1, -0.05) is 36.4 Å². The summed E-state index contributed by atoms with van der Waals surface area (Å²) in [5.74, 6) is -1.86. The maximum Gasteiger partial charge on any atom is 0.304 e. The van der Waals surface area contributed by atoms with Crippen LogP contribution in [-0.2, 0) is 14.8 Å². The van der Waals surface area contributed by atoms with Crippen molar-refractivity contribution < 1.29 is 28.2 Å². The van der Waals surface area contributed by atoms with Gasteiger partial charge in [-0.3, -0.25) is 9.59 Å². The molecule has 0 saturated heterocycles. The van der Waals surface area contributed by atoms with E-state index in [9.17, 15) is 23.1 Å². The van der Waals surface area contributed by atoms with Crippen LogP contribution in [0.4, 0.5) is 0 Å². The molecule has 0 unspecified atom stereocenters. The Balaban J connectivity index is 1.70. The Hall–Kier alpha value is -3.76. The Morgan fingerprint density at radius 2 is 1.62 bits per heavy atom. The predicted octanol–water partition coefficient (Wildman–Crippen LogP) is 2.45. The molecule has 0 radical (unpaired) electrons. The summed E-state index contributed by atoms with van der Waals surface area (Å²) in [6, 6.07) is 16.1. The Bertz CT molecular complexity index is 1300. The molecule has 3 rings (SSSR count). The number of aliphatic carboxylic acids is 1. The van der Waals surface area contributed by atoms with E-state index in [0.717, 1.165) is 10.8 Å². The number of carboxylic acid groups (broad SMARTS) is 1. The highest BCUT2D eigenvalue weighted by atomic mass is 32.2. The summed E-state index contributed by atoms with van der Waals surface area (Å²) in [6.07, 6.45) is -0.324. The van der Waals surface area contributed by atoms with Crippen LogP contribution in [0.1, 0.15) is 29.3 Å². The van der Waals surface area contributed by atoms with Crippen LogP contribution < -0.4 is 10.1 Å². The van der Waals surface area contributed by atoms with E-state index in [1.807, 2.05) is 24.3 Å². The number of nitrogens with zero attached hydrogens (tertiary/aromatic N) is 1. The lowest BCUT2D eigenvalue weighted by Crippen LogP contribution is -2.26. The first-order valence-electron chi connectivity index (χ1n) is 9.55. The molecule has 3 aromatic carbocycles. The molecular formula is C22H21N3O6S. The van der Waals surface area contributed by atoms with Crippen molar-refractivity contribution in [1.29, 1.82) is 0 Å². The van der Waals surface area contributed by atoms with Gasteiger partial charge in [0.1, 0.15) is 5.75 Å². The number of hydrogen-bond acceptors (Lipinski definition) is 6. The van der Waals surface area contributed by atoms with Crippen LogP contribution in [0.2, 0.25) is 0 Å². The van der Waals surface area contributed by atoms with Crippen LogP contribution in [0.25, 0.3) is 10.8 Å². The van der Waals surface area contributed by atoms with Crippen molar-refractivity contribution in [2.75, 3.05) is 6.54 Å². The van der Waals surface area contributed by atoms with Gasteiger partial charge in [-0.05, 0) is 47.5 Å². The molecular weight excluding hydrogens is 434 g/mol. The molecule has 0 heterocycles. The molecule has 0 atom stereocenters. The molecule has 0 bridgehead atoms. The highest BCUT2D eigenvalue weighted by molar-refractivity contribution is 7.89. The number of carbonyl (C=O) groups is 2. The van der Waals surface area contributed by atoms with Crippen molar-refractivity contribution in [3.63, 3.8) is 0 Å². The third-order valence-electron chi connectivity index (χ3n) is 4.65. The standard InChI is InChI=1S/C22H21N3O6S/c1-14(15-6-8-18(9-7-15)32(30,31)23-11-10-21(27)28)24-25-22(29)19-12-16-4-2-3-5-17(16)13-20(19)26/h2-9,12-13,23,26H,10-11H2,1H3,(H,25,29)(H,27,28)/b24-14-. The van der Waals surface area contributed by atoms with Crippen LogP contribution in [0.5, 0.6) is 5.75 Å². The SMILES string of the molecule is C/C(=N/NC(=O)c1cc2ccccc2cc1O)c1ccc(S(=O)(=O)NCCC(=O)O)cc1. The second kappa shape index (κ2) is 9.58. The smallest absolute Gasteiger partial charge is 0.304 e. The van der Waals surface area contributed by atoms with Gasteiger partial charge >= 0.3 is 5.97 Å². The summed E-state index contributed by atoms with van der Waals surface area (Å²) in [6.45, 7) is 1.42. The van der Waals surface area contributed by atoms with Crippen molar-refractivity contribution in [2.45, 2.75) is 18.2 Å². The first kappa shape index (κ1) is 22.9. The number of hydrazone groups is 1. The van der Waals surface area contributed by atoms with Crippen LogP contribution in [0.3, 0.4) is 0 Å². The second-order valence-corrected chi connectivity index (χ2v) is 8.69. The summed E-state index contributed by atoms with van der Waals surface area (Å²) in [4.78, 5) is 23.0. The number of phenols is 1. The zero-order valence-corrected chi connectivity index (χ0v) is 17.9. The van der Waals surface area contributed by atoms with E-state index in [2.05, 4.69) is 15.2 Å². The number of benzene rings is 3. The monoisotopic (exact) mass is 455 g/mol. The first-order valence-corrected chi connectivity index (χ1v) is 11.0. The van der Waals surface area contributed by atoms with E-state index in [-0.39, 0.29) is 29.2 Å². The normalized spacial score (nSPS) is 12.0. The quantitative estimate of drug-likeness (QED) is 0.303. The molecule has 0 fully saturated rings. The molecule has 166 valence electrons. The Labute approximate surface area is 184 Å².